The van der Waals surface area contributed by atoms with Crippen molar-refractivity contribution in [3.05, 3.63) is 52.8 Å². The van der Waals surface area contributed by atoms with Gasteiger partial charge in [-0.2, -0.15) is 5.10 Å². The number of nitrogens with zero attached hydrogens (tertiary/aromatic N) is 3. The van der Waals surface area contributed by atoms with E-state index in [1.165, 1.54) is 7.11 Å². The lowest BCUT2D eigenvalue weighted by Gasteiger charge is -2.10. The van der Waals surface area contributed by atoms with Gasteiger partial charge < -0.3 is 14.3 Å². The maximum absolute atomic E-state index is 11.5. The lowest BCUT2D eigenvalue weighted by atomic mass is 10.2. The van der Waals surface area contributed by atoms with Gasteiger partial charge in [0.05, 0.1) is 18.9 Å². The molecule has 0 amide bonds. The predicted molar refractivity (Wildman–Crippen MR) is 87.9 cm³/mol. The van der Waals surface area contributed by atoms with Gasteiger partial charge in [-0.05, 0) is 44.2 Å². The number of aryl methyl sites for hydroxylation is 1. The van der Waals surface area contributed by atoms with Gasteiger partial charge in [-0.15, -0.1) is 0 Å². The molecule has 0 N–H and O–H groups in total. The number of benzene rings is 1. The maximum Gasteiger partial charge on any atom is 0.337 e. The summed E-state index contributed by atoms with van der Waals surface area (Å²) in [5, 5.41) is 6.05. The number of aromatic nitrogens is 1. The number of hydrogen-bond donors (Lipinski definition) is 0. The van der Waals surface area contributed by atoms with Gasteiger partial charge in [-0.3, -0.25) is 0 Å². The first-order valence-corrected chi connectivity index (χ1v) is 7.03. The number of hydrazone groups is 1. The Bertz CT molecular complexity index is 697. The standard InChI is InChI=1S/C17H21N3O2/c1-12-10-15(11-18-19(3)4)13(2)20(12)16-8-6-14(7-9-16)17(21)22-5/h6-11H,1-5H3. The molecule has 0 bridgehead atoms. The number of carbonyl (C=O) groups excluding carboxylic acids is 1. The highest BCUT2D eigenvalue weighted by Gasteiger charge is 2.11. The molecule has 0 unspecified atom stereocenters. The Labute approximate surface area is 130 Å². The van der Waals surface area contributed by atoms with Crippen LogP contribution >= 0.6 is 0 Å². The van der Waals surface area contributed by atoms with E-state index >= 15 is 0 Å². The highest BCUT2D eigenvalue weighted by atomic mass is 16.5. The predicted octanol–water partition coefficient (Wildman–Crippen LogP) is 2.78. The van der Waals surface area contributed by atoms with E-state index in [0.29, 0.717) is 5.56 Å². The van der Waals surface area contributed by atoms with E-state index in [9.17, 15) is 4.79 Å². The summed E-state index contributed by atoms with van der Waals surface area (Å²) in [5.74, 6) is -0.327. The first kappa shape index (κ1) is 15.8. The normalized spacial score (nSPS) is 11.0. The van der Waals surface area contributed by atoms with Gasteiger partial charge in [-0.1, -0.05) is 0 Å². The minimum absolute atomic E-state index is 0.327. The molecule has 2 aromatic rings. The van der Waals surface area contributed by atoms with Gasteiger partial charge in [0.1, 0.15) is 0 Å². The van der Waals surface area contributed by atoms with Crippen LogP contribution in [0, 0.1) is 13.8 Å². The van der Waals surface area contributed by atoms with Crippen molar-refractivity contribution in [3.8, 4) is 5.69 Å². The maximum atomic E-state index is 11.5. The van der Waals surface area contributed by atoms with Crippen molar-refractivity contribution in [1.82, 2.24) is 9.58 Å². The molecule has 1 aromatic carbocycles. The van der Waals surface area contributed by atoms with Gasteiger partial charge in [0.15, 0.2) is 0 Å². The Hall–Kier alpha value is -2.56. The SMILES string of the molecule is COC(=O)c1ccc(-n2c(C)cc(C=NN(C)C)c2C)cc1. The minimum atomic E-state index is -0.327. The fraction of sp³-hybridized carbons (Fsp3) is 0.294. The van der Waals surface area contributed by atoms with Crippen LogP contribution in [-0.4, -0.2) is 43.0 Å². The first-order chi connectivity index (χ1) is 10.4. The minimum Gasteiger partial charge on any atom is -0.465 e. The molecule has 0 saturated carbocycles. The van der Waals surface area contributed by atoms with Gasteiger partial charge in [0.2, 0.25) is 0 Å². The van der Waals surface area contributed by atoms with Crippen LogP contribution in [0.4, 0.5) is 0 Å². The smallest absolute Gasteiger partial charge is 0.337 e. The Balaban J connectivity index is 2.39. The van der Waals surface area contributed by atoms with E-state index < -0.39 is 0 Å². The Morgan fingerprint density at radius 1 is 1.23 bits per heavy atom. The highest BCUT2D eigenvalue weighted by Crippen LogP contribution is 2.20. The molecule has 116 valence electrons. The quantitative estimate of drug-likeness (QED) is 0.495. The van der Waals surface area contributed by atoms with Crippen molar-refractivity contribution in [2.45, 2.75) is 13.8 Å². The van der Waals surface area contributed by atoms with Crippen LogP contribution in [0.15, 0.2) is 35.4 Å². The summed E-state index contributed by atoms with van der Waals surface area (Å²) in [6, 6.07) is 9.47. The summed E-state index contributed by atoms with van der Waals surface area (Å²) in [4.78, 5) is 11.5. The van der Waals surface area contributed by atoms with Crippen LogP contribution in [0.25, 0.3) is 5.69 Å². The van der Waals surface area contributed by atoms with E-state index in [-0.39, 0.29) is 5.97 Å². The van der Waals surface area contributed by atoms with Crippen LogP contribution in [0.3, 0.4) is 0 Å². The number of ether oxygens (including phenoxy) is 1. The molecule has 0 saturated heterocycles. The molecule has 22 heavy (non-hydrogen) atoms. The van der Waals surface area contributed by atoms with E-state index in [0.717, 1.165) is 22.6 Å². The zero-order valence-corrected chi connectivity index (χ0v) is 13.6. The zero-order chi connectivity index (χ0) is 16.3. The van der Waals surface area contributed by atoms with Gasteiger partial charge in [-0.25, -0.2) is 4.79 Å². The van der Waals surface area contributed by atoms with Gasteiger partial charge in [0.25, 0.3) is 0 Å². The average Bonchev–Trinajstić information content (AvgIpc) is 2.79. The molecule has 0 spiro atoms. The first-order valence-electron chi connectivity index (χ1n) is 7.03. The van der Waals surface area contributed by atoms with Crippen LogP contribution in [-0.2, 0) is 4.74 Å². The third-order valence-electron chi connectivity index (χ3n) is 3.44. The van der Waals surface area contributed by atoms with Crippen LogP contribution in [0.2, 0.25) is 0 Å². The van der Waals surface area contributed by atoms with E-state index in [1.54, 1.807) is 17.1 Å². The van der Waals surface area contributed by atoms with E-state index in [4.69, 9.17) is 4.74 Å². The summed E-state index contributed by atoms with van der Waals surface area (Å²) >= 11 is 0. The zero-order valence-electron chi connectivity index (χ0n) is 13.6. The number of methoxy groups -OCH3 is 1. The molecule has 1 heterocycles. The highest BCUT2D eigenvalue weighted by molar-refractivity contribution is 5.89. The second-order valence-corrected chi connectivity index (χ2v) is 5.29. The molecule has 1 aromatic heterocycles. The van der Waals surface area contributed by atoms with Gasteiger partial charge >= 0.3 is 5.97 Å². The fourth-order valence-electron chi connectivity index (χ4n) is 2.36. The molecule has 0 radical (unpaired) electrons. The molecule has 0 aliphatic carbocycles. The Kier molecular flexibility index (Phi) is 4.65. The summed E-state index contributed by atoms with van der Waals surface area (Å²) in [6.45, 7) is 4.10. The third-order valence-corrected chi connectivity index (χ3v) is 3.44. The van der Waals surface area contributed by atoms with Crippen molar-refractivity contribution in [3.63, 3.8) is 0 Å². The number of carbonyl (C=O) groups is 1. The summed E-state index contributed by atoms with van der Waals surface area (Å²) < 4.78 is 6.86. The molecule has 0 fully saturated rings. The van der Waals surface area contributed by atoms with Crippen molar-refractivity contribution < 1.29 is 9.53 Å². The Morgan fingerprint density at radius 2 is 1.86 bits per heavy atom. The lowest BCUT2D eigenvalue weighted by molar-refractivity contribution is 0.0601. The molecular formula is C17H21N3O2. The summed E-state index contributed by atoms with van der Waals surface area (Å²) in [7, 11) is 5.16. The lowest BCUT2D eigenvalue weighted by Crippen LogP contribution is -2.04. The van der Waals surface area contributed by atoms with Crippen molar-refractivity contribution in [2.24, 2.45) is 5.10 Å². The molecular weight excluding hydrogens is 278 g/mol. The monoisotopic (exact) mass is 299 g/mol. The van der Waals surface area contributed by atoms with E-state index in [2.05, 4.69) is 22.7 Å². The Morgan fingerprint density at radius 3 is 2.41 bits per heavy atom. The van der Waals surface area contributed by atoms with Crippen LogP contribution < -0.4 is 0 Å². The summed E-state index contributed by atoms with van der Waals surface area (Å²) in [6.07, 6.45) is 1.85. The molecule has 0 atom stereocenters. The van der Waals surface area contributed by atoms with E-state index in [1.807, 2.05) is 39.4 Å². The topological polar surface area (TPSA) is 46.8 Å². The largest absolute Gasteiger partial charge is 0.465 e. The molecule has 0 aliphatic heterocycles. The van der Waals surface area contributed by atoms with Crippen LogP contribution in [0.1, 0.15) is 27.3 Å². The second kappa shape index (κ2) is 6.47. The molecule has 2 rings (SSSR count). The average molecular weight is 299 g/mol. The molecule has 0 aliphatic rings. The van der Waals surface area contributed by atoms with Crippen molar-refractivity contribution in [2.75, 3.05) is 21.2 Å². The molecule has 5 nitrogen and oxygen atoms in total. The second-order valence-electron chi connectivity index (χ2n) is 5.29. The summed E-state index contributed by atoms with van der Waals surface area (Å²) in [5.41, 5.74) is 4.84. The van der Waals surface area contributed by atoms with Gasteiger partial charge in [0, 0.05) is 36.7 Å². The number of rotatable bonds is 4. The number of esters is 1. The third kappa shape index (κ3) is 3.19. The fourth-order valence-corrected chi connectivity index (χ4v) is 2.36. The number of hydrogen-bond acceptors (Lipinski definition) is 4. The van der Waals surface area contributed by atoms with Crippen molar-refractivity contribution in [1.29, 1.82) is 0 Å². The molecule has 5 heteroatoms. The van der Waals surface area contributed by atoms with Crippen LogP contribution in [0.5, 0.6) is 0 Å². The van der Waals surface area contributed by atoms with Crippen molar-refractivity contribution >= 4 is 12.2 Å².